The number of hydrogen-bond donors (Lipinski definition) is 1. The van der Waals surface area contributed by atoms with E-state index in [1.165, 1.54) is 0 Å². The van der Waals surface area contributed by atoms with Gasteiger partial charge in [0.05, 0.1) is 18.1 Å². The minimum atomic E-state index is 0.408. The Hall–Kier alpha value is -3.02. The van der Waals surface area contributed by atoms with Crippen LogP contribution in [0.15, 0.2) is 55.1 Å². The molecule has 0 radical (unpaired) electrons. The normalized spacial score (nSPS) is 14.9. The van der Waals surface area contributed by atoms with Gasteiger partial charge in [0, 0.05) is 36.5 Å². The maximum Gasteiger partial charge on any atom is 0.144 e. The zero-order chi connectivity index (χ0) is 18.5. The first-order valence-electron chi connectivity index (χ1n) is 9.51. The standard InChI is InChI=1S/C21H24N6/c1-2-17-12-21(25-15-24-17)27-10-8-18(9-11-27)26-20-14-22-19(13-23-20)16-6-4-3-5-7-16/h3-7,12-15,18H,2,8-11H2,1H3,(H,23,26). The molecule has 0 aliphatic carbocycles. The van der Waals surface area contributed by atoms with Gasteiger partial charge < -0.3 is 10.2 Å². The molecule has 1 aliphatic heterocycles. The maximum atomic E-state index is 4.54. The summed E-state index contributed by atoms with van der Waals surface area (Å²) in [7, 11) is 0. The van der Waals surface area contributed by atoms with Gasteiger partial charge in [-0.25, -0.2) is 15.0 Å². The summed E-state index contributed by atoms with van der Waals surface area (Å²) in [5.41, 5.74) is 3.07. The largest absolute Gasteiger partial charge is 0.366 e. The summed E-state index contributed by atoms with van der Waals surface area (Å²) in [6.07, 6.45) is 8.36. The Bertz CT molecular complexity index is 857. The lowest BCUT2D eigenvalue weighted by Gasteiger charge is -2.33. The van der Waals surface area contributed by atoms with Gasteiger partial charge in [-0.2, -0.15) is 0 Å². The Morgan fingerprint density at radius 2 is 1.81 bits per heavy atom. The fourth-order valence-corrected chi connectivity index (χ4v) is 3.37. The number of rotatable bonds is 5. The van der Waals surface area contributed by atoms with E-state index in [9.17, 15) is 0 Å². The van der Waals surface area contributed by atoms with E-state index in [0.717, 1.165) is 60.9 Å². The number of piperidine rings is 1. The van der Waals surface area contributed by atoms with E-state index >= 15 is 0 Å². The van der Waals surface area contributed by atoms with Crippen molar-refractivity contribution in [1.29, 1.82) is 0 Å². The third-order valence-corrected chi connectivity index (χ3v) is 4.96. The molecule has 0 spiro atoms. The summed E-state index contributed by atoms with van der Waals surface area (Å²) in [6, 6.07) is 12.6. The van der Waals surface area contributed by atoms with Gasteiger partial charge in [0.2, 0.25) is 0 Å². The fourth-order valence-electron chi connectivity index (χ4n) is 3.37. The second kappa shape index (κ2) is 8.12. The Balaban J connectivity index is 1.34. The van der Waals surface area contributed by atoms with Crippen LogP contribution in [0.2, 0.25) is 0 Å². The van der Waals surface area contributed by atoms with E-state index in [1.807, 2.05) is 42.7 Å². The van der Waals surface area contributed by atoms with Crippen LogP contribution >= 0.6 is 0 Å². The van der Waals surface area contributed by atoms with Crippen molar-refractivity contribution in [3.8, 4) is 11.3 Å². The molecule has 0 saturated carbocycles. The molecule has 138 valence electrons. The average molecular weight is 360 g/mol. The van der Waals surface area contributed by atoms with Crippen molar-refractivity contribution in [2.75, 3.05) is 23.3 Å². The van der Waals surface area contributed by atoms with Gasteiger partial charge in [0.1, 0.15) is 18.0 Å². The predicted octanol–water partition coefficient (Wildman–Crippen LogP) is 3.58. The molecule has 2 aromatic heterocycles. The van der Waals surface area contributed by atoms with Crippen molar-refractivity contribution < 1.29 is 0 Å². The summed E-state index contributed by atoms with van der Waals surface area (Å²) in [5.74, 6) is 1.87. The SMILES string of the molecule is CCc1cc(N2CCC(Nc3cnc(-c4ccccc4)cn3)CC2)ncn1. The molecule has 1 N–H and O–H groups in total. The zero-order valence-corrected chi connectivity index (χ0v) is 15.5. The summed E-state index contributed by atoms with van der Waals surface area (Å²) in [6.45, 7) is 4.08. The van der Waals surface area contributed by atoms with Crippen LogP contribution in [0.4, 0.5) is 11.6 Å². The third-order valence-electron chi connectivity index (χ3n) is 4.96. The molecule has 3 heterocycles. The van der Waals surface area contributed by atoms with Crippen molar-refractivity contribution in [2.45, 2.75) is 32.2 Å². The molecular weight excluding hydrogens is 336 g/mol. The van der Waals surface area contributed by atoms with E-state index in [2.05, 4.69) is 43.1 Å². The Labute approximate surface area is 159 Å². The number of hydrogen-bond acceptors (Lipinski definition) is 6. The van der Waals surface area contributed by atoms with E-state index in [4.69, 9.17) is 0 Å². The van der Waals surface area contributed by atoms with Gasteiger partial charge in [-0.1, -0.05) is 37.3 Å². The lowest BCUT2D eigenvalue weighted by atomic mass is 10.0. The van der Waals surface area contributed by atoms with Crippen molar-refractivity contribution >= 4 is 11.6 Å². The molecule has 0 bridgehead atoms. The van der Waals surface area contributed by atoms with E-state index in [0.29, 0.717) is 6.04 Å². The molecule has 0 amide bonds. The molecule has 6 heteroatoms. The molecule has 27 heavy (non-hydrogen) atoms. The van der Waals surface area contributed by atoms with Crippen LogP contribution in [0.25, 0.3) is 11.3 Å². The molecule has 3 aromatic rings. The second-order valence-corrected chi connectivity index (χ2v) is 6.78. The summed E-state index contributed by atoms with van der Waals surface area (Å²) >= 11 is 0. The first-order chi connectivity index (χ1) is 13.3. The predicted molar refractivity (Wildman–Crippen MR) is 108 cm³/mol. The number of nitrogens with one attached hydrogen (secondary N) is 1. The lowest BCUT2D eigenvalue weighted by molar-refractivity contribution is 0.522. The highest BCUT2D eigenvalue weighted by molar-refractivity contribution is 5.58. The highest BCUT2D eigenvalue weighted by Gasteiger charge is 2.20. The van der Waals surface area contributed by atoms with Crippen molar-refractivity contribution in [3.63, 3.8) is 0 Å². The summed E-state index contributed by atoms with van der Waals surface area (Å²) in [5, 5.41) is 3.52. The average Bonchev–Trinajstić information content (AvgIpc) is 2.75. The van der Waals surface area contributed by atoms with Crippen LogP contribution in [-0.2, 0) is 6.42 Å². The molecule has 1 saturated heterocycles. The molecule has 1 fully saturated rings. The van der Waals surface area contributed by atoms with Gasteiger partial charge in [-0.05, 0) is 19.3 Å². The zero-order valence-electron chi connectivity index (χ0n) is 15.5. The van der Waals surface area contributed by atoms with Crippen LogP contribution in [-0.4, -0.2) is 39.1 Å². The van der Waals surface area contributed by atoms with Gasteiger partial charge in [-0.3, -0.25) is 4.98 Å². The van der Waals surface area contributed by atoms with Crippen molar-refractivity contribution in [2.24, 2.45) is 0 Å². The third kappa shape index (κ3) is 4.22. The first-order valence-corrected chi connectivity index (χ1v) is 9.51. The van der Waals surface area contributed by atoms with E-state index in [1.54, 1.807) is 6.33 Å². The fraction of sp³-hybridized carbons (Fsp3) is 0.333. The van der Waals surface area contributed by atoms with Gasteiger partial charge in [-0.15, -0.1) is 0 Å². The molecule has 1 aromatic carbocycles. The number of anilines is 2. The highest BCUT2D eigenvalue weighted by Crippen LogP contribution is 2.21. The molecule has 0 unspecified atom stereocenters. The second-order valence-electron chi connectivity index (χ2n) is 6.78. The molecule has 0 atom stereocenters. The van der Waals surface area contributed by atoms with Gasteiger partial charge in [0.15, 0.2) is 0 Å². The Morgan fingerprint density at radius 3 is 2.52 bits per heavy atom. The van der Waals surface area contributed by atoms with Crippen molar-refractivity contribution in [1.82, 2.24) is 19.9 Å². The Kier molecular flexibility index (Phi) is 5.23. The van der Waals surface area contributed by atoms with Crippen LogP contribution < -0.4 is 10.2 Å². The minimum Gasteiger partial charge on any atom is -0.366 e. The molecule has 4 rings (SSSR count). The van der Waals surface area contributed by atoms with Crippen LogP contribution in [0.3, 0.4) is 0 Å². The minimum absolute atomic E-state index is 0.408. The monoisotopic (exact) mass is 360 g/mol. The lowest BCUT2D eigenvalue weighted by Crippen LogP contribution is -2.39. The van der Waals surface area contributed by atoms with E-state index < -0.39 is 0 Å². The molecular formula is C21H24N6. The number of aromatic nitrogens is 4. The summed E-state index contributed by atoms with van der Waals surface area (Å²) in [4.78, 5) is 20.1. The van der Waals surface area contributed by atoms with Crippen LogP contribution in [0.1, 0.15) is 25.5 Å². The summed E-state index contributed by atoms with van der Waals surface area (Å²) < 4.78 is 0. The topological polar surface area (TPSA) is 66.8 Å². The number of aryl methyl sites for hydroxylation is 1. The smallest absolute Gasteiger partial charge is 0.144 e. The van der Waals surface area contributed by atoms with Crippen LogP contribution in [0, 0.1) is 0 Å². The molecule has 1 aliphatic rings. The van der Waals surface area contributed by atoms with Gasteiger partial charge >= 0.3 is 0 Å². The number of benzene rings is 1. The quantitative estimate of drug-likeness (QED) is 0.750. The van der Waals surface area contributed by atoms with Crippen LogP contribution in [0.5, 0.6) is 0 Å². The highest BCUT2D eigenvalue weighted by atomic mass is 15.2. The Morgan fingerprint density at radius 1 is 1.00 bits per heavy atom. The molecule has 6 nitrogen and oxygen atoms in total. The van der Waals surface area contributed by atoms with Crippen molar-refractivity contribution in [3.05, 3.63) is 60.8 Å². The number of nitrogens with zero attached hydrogens (tertiary/aromatic N) is 5. The van der Waals surface area contributed by atoms with E-state index in [-0.39, 0.29) is 0 Å². The van der Waals surface area contributed by atoms with Gasteiger partial charge in [0.25, 0.3) is 0 Å². The first kappa shape index (κ1) is 17.4. The maximum absolute atomic E-state index is 4.54.